The first-order chi connectivity index (χ1) is 11.6. The van der Waals surface area contributed by atoms with E-state index in [1.165, 1.54) is 12.2 Å². The van der Waals surface area contributed by atoms with Gasteiger partial charge >= 0.3 is 0 Å². The minimum atomic E-state index is -1.65. The number of rotatable bonds is 0. The molecule has 0 spiro atoms. The Balaban J connectivity index is 1.79. The molecule has 8 atom stereocenters. The number of ketones is 2. The van der Waals surface area contributed by atoms with Crippen LogP contribution in [0.25, 0.3) is 0 Å². The quantitative estimate of drug-likeness (QED) is 0.385. The van der Waals surface area contributed by atoms with Gasteiger partial charge in [0, 0.05) is 11.8 Å². The summed E-state index contributed by atoms with van der Waals surface area (Å²) in [6.07, 6.45) is 6.56. The third-order valence-electron chi connectivity index (χ3n) is 6.72. The molecule has 0 amide bonds. The molecule has 6 aliphatic rings. The molecule has 8 heteroatoms. The third-order valence-corrected chi connectivity index (χ3v) is 11.0. The van der Waals surface area contributed by atoms with Crippen molar-refractivity contribution in [1.82, 2.24) is 0 Å². The fraction of sp³-hybridized carbons (Fsp3) is 0.529. The number of halogens is 6. The highest BCUT2D eigenvalue weighted by molar-refractivity contribution is 6.65. The molecular weight excluding hydrogens is 449 g/mol. The van der Waals surface area contributed by atoms with Gasteiger partial charge in [0.2, 0.25) is 0 Å². The number of alkyl halides is 4. The number of hydrogen-bond donors (Lipinski definition) is 0. The lowest BCUT2D eigenvalue weighted by molar-refractivity contribution is -0.139. The molecule has 0 aromatic rings. The van der Waals surface area contributed by atoms with Crippen molar-refractivity contribution in [1.29, 1.82) is 0 Å². The maximum Gasteiger partial charge on any atom is 0.166 e. The van der Waals surface area contributed by atoms with Crippen LogP contribution in [-0.4, -0.2) is 25.6 Å². The van der Waals surface area contributed by atoms with E-state index in [2.05, 4.69) is 0 Å². The van der Waals surface area contributed by atoms with Gasteiger partial charge in [0.25, 0.3) is 0 Å². The zero-order chi connectivity index (χ0) is 18.1. The number of carbonyl (C=O) groups excluding carboxylic acids is 2. The molecule has 0 radical (unpaired) electrons. The first-order valence-electron chi connectivity index (χ1n) is 7.86. The second-order valence-corrected chi connectivity index (χ2v) is 10.7. The fourth-order valence-corrected chi connectivity index (χ4v) is 8.96. The van der Waals surface area contributed by atoms with Gasteiger partial charge in [-0.1, -0.05) is 58.6 Å². The number of allylic oxidation sites excluding steroid dienone is 6. The highest BCUT2D eigenvalue weighted by Gasteiger charge is 2.86. The molecule has 2 fully saturated rings. The number of carbonyl (C=O) groups is 2. The van der Waals surface area contributed by atoms with Gasteiger partial charge in [-0.05, 0) is 35.8 Å². The summed E-state index contributed by atoms with van der Waals surface area (Å²) in [5.74, 6) is -2.56. The average molecular weight is 459 g/mol. The van der Waals surface area contributed by atoms with Crippen LogP contribution >= 0.6 is 69.6 Å². The van der Waals surface area contributed by atoms with E-state index in [0.29, 0.717) is 0 Å². The van der Waals surface area contributed by atoms with E-state index in [-0.39, 0.29) is 45.3 Å². The van der Waals surface area contributed by atoms with Crippen molar-refractivity contribution >= 4 is 81.2 Å². The Hall–Kier alpha value is 0.300. The molecule has 0 aromatic heterocycles. The van der Waals surface area contributed by atoms with Crippen LogP contribution in [0.4, 0.5) is 0 Å². The molecule has 5 unspecified atom stereocenters. The molecule has 0 aromatic carbocycles. The number of fused-ring (bicyclic) bond motifs is 2. The first-order valence-corrected chi connectivity index (χ1v) is 10.1. The van der Waals surface area contributed by atoms with E-state index in [1.807, 2.05) is 12.2 Å². The Morgan fingerprint density at radius 1 is 0.720 bits per heavy atom. The Morgan fingerprint density at radius 2 is 1.08 bits per heavy atom. The van der Waals surface area contributed by atoms with E-state index in [9.17, 15) is 9.59 Å². The highest BCUT2D eigenvalue weighted by atomic mass is 35.5. The molecule has 0 heterocycles. The van der Waals surface area contributed by atoms with Gasteiger partial charge in [-0.15, -0.1) is 23.2 Å². The summed E-state index contributed by atoms with van der Waals surface area (Å²) in [7, 11) is 0. The highest BCUT2D eigenvalue weighted by Crippen LogP contribution is 2.81. The molecule has 4 bridgehead atoms. The van der Waals surface area contributed by atoms with E-state index in [0.717, 1.165) is 0 Å². The minimum absolute atomic E-state index is 0.0880. The summed E-state index contributed by atoms with van der Waals surface area (Å²) < 4.78 is -1.65. The van der Waals surface area contributed by atoms with Crippen LogP contribution in [0.15, 0.2) is 34.4 Å². The van der Waals surface area contributed by atoms with Gasteiger partial charge in [0.05, 0.1) is 10.1 Å². The monoisotopic (exact) mass is 456 g/mol. The van der Waals surface area contributed by atoms with Crippen LogP contribution in [0.5, 0.6) is 0 Å². The summed E-state index contributed by atoms with van der Waals surface area (Å²) in [4.78, 5) is 22.3. The summed E-state index contributed by atoms with van der Waals surface area (Å²) in [5, 5.41) is 0.277. The first kappa shape index (κ1) is 17.4. The molecule has 0 aliphatic heterocycles. The molecule has 25 heavy (non-hydrogen) atoms. The smallest absolute Gasteiger partial charge is 0.166 e. The van der Waals surface area contributed by atoms with E-state index < -0.39 is 25.9 Å². The van der Waals surface area contributed by atoms with Crippen LogP contribution < -0.4 is 0 Å². The lowest BCUT2D eigenvalue weighted by atomic mass is 9.48. The fourth-order valence-electron chi connectivity index (χ4n) is 5.86. The van der Waals surface area contributed by atoms with Gasteiger partial charge in [0.15, 0.2) is 15.9 Å². The zero-order valence-corrected chi connectivity index (χ0v) is 16.9. The Kier molecular flexibility index (Phi) is 3.36. The van der Waals surface area contributed by atoms with Crippen molar-refractivity contribution in [3.8, 4) is 0 Å². The summed E-state index contributed by atoms with van der Waals surface area (Å²) in [6, 6.07) is 0. The van der Waals surface area contributed by atoms with Crippen molar-refractivity contribution in [2.24, 2.45) is 35.5 Å². The van der Waals surface area contributed by atoms with E-state index >= 15 is 0 Å². The van der Waals surface area contributed by atoms with Gasteiger partial charge in [-0.25, -0.2) is 0 Å². The van der Waals surface area contributed by atoms with Crippen molar-refractivity contribution in [3.05, 3.63) is 34.4 Å². The normalized spacial score (nSPS) is 54.3. The second kappa shape index (κ2) is 4.82. The molecule has 6 aliphatic carbocycles. The molecular formula is C17H10Cl6O2. The van der Waals surface area contributed by atoms with Crippen molar-refractivity contribution in [2.45, 2.75) is 14.1 Å². The van der Waals surface area contributed by atoms with Gasteiger partial charge in [0.1, 0.15) is 9.75 Å². The van der Waals surface area contributed by atoms with Crippen LogP contribution in [0.3, 0.4) is 0 Å². The minimum Gasteiger partial charge on any atom is -0.294 e. The average Bonchev–Trinajstić information content (AvgIpc) is 2.80. The van der Waals surface area contributed by atoms with E-state index in [1.54, 1.807) is 0 Å². The van der Waals surface area contributed by atoms with Gasteiger partial charge in [-0.2, -0.15) is 0 Å². The van der Waals surface area contributed by atoms with Gasteiger partial charge in [-0.3, -0.25) is 9.59 Å². The second-order valence-electron chi connectivity index (χ2n) is 7.41. The van der Waals surface area contributed by atoms with Crippen molar-refractivity contribution < 1.29 is 9.59 Å². The lowest BCUT2D eigenvalue weighted by Crippen LogP contribution is -2.59. The third kappa shape index (κ3) is 1.55. The van der Waals surface area contributed by atoms with Crippen LogP contribution in [0.1, 0.15) is 0 Å². The Labute approximate surface area is 174 Å². The van der Waals surface area contributed by atoms with Crippen molar-refractivity contribution in [2.75, 3.05) is 0 Å². The zero-order valence-electron chi connectivity index (χ0n) is 12.4. The predicted molar refractivity (Wildman–Crippen MR) is 99.6 cm³/mol. The molecule has 2 nitrogen and oxygen atoms in total. The predicted octanol–water partition coefficient (Wildman–Crippen LogP) is 4.82. The van der Waals surface area contributed by atoms with Crippen LogP contribution in [0.2, 0.25) is 0 Å². The standard InChI is InChI=1S/C17H10Cl6O2/c18-13-14(19)16(21)12-6-2-1-5(11(12)15(13,20)17(16,22)23)9-7(24)3-4-8(25)10(6)9/h1-6,9-12H/t5?,6?,9-,10+,11?,12?,15+,16?/m0/s1. The van der Waals surface area contributed by atoms with Crippen LogP contribution in [-0.2, 0) is 9.59 Å². The van der Waals surface area contributed by atoms with Crippen molar-refractivity contribution in [3.63, 3.8) is 0 Å². The summed E-state index contributed by atoms with van der Waals surface area (Å²) >= 11 is 40.1. The molecule has 0 N–H and O–H groups in total. The SMILES string of the molecule is O=C1C=CC(=O)[C@H]2C3C=CC(C4C3C3(Cl)C(Cl)=C(Cl)[C@@]4(Cl)C3(Cl)Cl)[C@@H]12. The summed E-state index contributed by atoms with van der Waals surface area (Å²) in [6.45, 7) is 0. The lowest BCUT2D eigenvalue weighted by Gasteiger charge is -2.56. The molecule has 2 saturated carbocycles. The molecule has 132 valence electrons. The summed E-state index contributed by atoms with van der Waals surface area (Å²) in [5.41, 5.74) is 0. The Bertz CT molecular complexity index is 780. The topological polar surface area (TPSA) is 34.1 Å². The maximum absolute atomic E-state index is 12.6. The van der Waals surface area contributed by atoms with Crippen LogP contribution in [0, 0.1) is 35.5 Å². The molecule has 0 saturated heterocycles. The van der Waals surface area contributed by atoms with E-state index in [4.69, 9.17) is 69.6 Å². The molecule has 6 rings (SSSR count). The maximum atomic E-state index is 12.6. The Morgan fingerprint density at radius 3 is 1.44 bits per heavy atom. The largest absolute Gasteiger partial charge is 0.294 e. The number of hydrogen-bond acceptors (Lipinski definition) is 2. The van der Waals surface area contributed by atoms with Gasteiger partial charge < -0.3 is 0 Å².